The second-order valence-corrected chi connectivity index (χ2v) is 3.92. The fourth-order valence-corrected chi connectivity index (χ4v) is 1.62. The number of carbonyl (C=O) groups is 3. The maximum atomic E-state index is 11.7. The van der Waals surface area contributed by atoms with Crippen molar-refractivity contribution in [2.75, 3.05) is 0 Å². The predicted molar refractivity (Wildman–Crippen MR) is 60.2 cm³/mol. The minimum atomic E-state index is -1.08. The molecule has 0 spiro atoms. The van der Waals surface area contributed by atoms with Crippen molar-refractivity contribution in [2.24, 2.45) is 0 Å². The Morgan fingerprint density at radius 3 is 2.82 bits per heavy atom. The molecule has 0 aromatic carbocycles. The number of hydrogen-bond donors (Lipinski definition) is 3. The van der Waals surface area contributed by atoms with Gasteiger partial charge in [-0.15, -0.1) is 6.58 Å². The van der Waals surface area contributed by atoms with E-state index in [1.807, 2.05) is 0 Å². The highest BCUT2D eigenvalue weighted by atomic mass is 16.4. The van der Waals surface area contributed by atoms with Crippen LogP contribution in [0.4, 0.5) is 0 Å². The molecule has 3 N–H and O–H groups in total. The van der Waals surface area contributed by atoms with Gasteiger partial charge in [0.2, 0.25) is 11.8 Å². The third kappa shape index (κ3) is 3.90. The molecule has 0 unspecified atom stereocenters. The van der Waals surface area contributed by atoms with Gasteiger partial charge in [0.1, 0.15) is 12.1 Å². The van der Waals surface area contributed by atoms with E-state index in [4.69, 9.17) is 5.11 Å². The van der Waals surface area contributed by atoms with Gasteiger partial charge in [-0.25, -0.2) is 4.79 Å². The molecule has 0 aromatic heterocycles. The van der Waals surface area contributed by atoms with Crippen LogP contribution in [0.25, 0.3) is 0 Å². The van der Waals surface area contributed by atoms with Gasteiger partial charge in [0.25, 0.3) is 0 Å². The number of hydrogen-bond acceptors (Lipinski definition) is 3. The smallest absolute Gasteiger partial charge is 0.326 e. The molecule has 1 rings (SSSR count). The second-order valence-electron chi connectivity index (χ2n) is 3.92. The van der Waals surface area contributed by atoms with E-state index < -0.39 is 24.0 Å². The first-order valence-corrected chi connectivity index (χ1v) is 5.48. The molecule has 94 valence electrons. The molecule has 0 radical (unpaired) electrons. The number of carbonyl (C=O) groups excluding carboxylic acids is 2. The van der Waals surface area contributed by atoms with Gasteiger partial charge >= 0.3 is 5.97 Å². The molecule has 0 bridgehead atoms. The molecule has 1 heterocycles. The Morgan fingerprint density at radius 1 is 1.65 bits per heavy atom. The Balaban J connectivity index is 2.48. The number of carboxylic acids is 1. The Hall–Kier alpha value is -1.85. The highest BCUT2D eigenvalue weighted by Gasteiger charge is 2.29. The normalized spacial score (nSPS) is 20.5. The van der Waals surface area contributed by atoms with Crippen molar-refractivity contribution in [3.63, 3.8) is 0 Å². The summed E-state index contributed by atoms with van der Waals surface area (Å²) in [7, 11) is 0. The largest absolute Gasteiger partial charge is 0.480 e. The fraction of sp³-hybridized carbons (Fsp3) is 0.545. The van der Waals surface area contributed by atoms with Crippen molar-refractivity contribution < 1.29 is 19.5 Å². The summed E-state index contributed by atoms with van der Waals surface area (Å²) < 4.78 is 0. The first-order valence-electron chi connectivity index (χ1n) is 5.48. The van der Waals surface area contributed by atoms with Crippen molar-refractivity contribution >= 4 is 17.8 Å². The summed E-state index contributed by atoms with van der Waals surface area (Å²) in [6.45, 7) is 3.50. The molecule has 1 fully saturated rings. The molecule has 2 atom stereocenters. The molecule has 0 aromatic rings. The zero-order chi connectivity index (χ0) is 12.8. The van der Waals surface area contributed by atoms with Crippen molar-refractivity contribution in [1.82, 2.24) is 10.6 Å². The highest BCUT2D eigenvalue weighted by Crippen LogP contribution is 2.07. The maximum Gasteiger partial charge on any atom is 0.326 e. The van der Waals surface area contributed by atoms with Crippen molar-refractivity contribution in [2.45, 2.75) is 37.8 Å². The van der Waals surface area contributed by atoms with E-state index >= 15 is 0 Å². The summed E-state index contributed by atoms with van der Waals surface area (Å²) in [5.74, 6) is -1.69. The molecular weight excluding hydrogens is 224 g/mol. The fourth-order valence-electron chi connectivity index (χ4n) is 1.62. The molecular formula is C11H16N2O4. The quantitative estimate of drug-likeness (QED) is 0.560. The topological polar surface area (TPSA) is 95.5 Å². The van der Waals surface area contributed by atoms with Crippen LogP contribution in [-0.2, 0) is 14.4 Å². The van der Waals surface area contributed by atoms with Crippen LogP contribution in [-0.4, -0.2) is 35.0 Å². The molecule has 0 saturated carbocycles. The van der Waals surface area contributed by atoms with Crippen LogP contribution in [0.2, 0.25) is 0 Å². The van der Waals surface area contributed by atoms with Gasteiger partial charge in [0, 0.05) is 6.42 Å². The third-order valence-electron chi connectivity index (χ3n) is 2.59. The van der Waals surface area contributed by atoms with Crippen LogP contribution in [0.1, 0.15) is 25.7 Å². The van der Waals surface area contributed by atoms with E-state index in [0.717, 1.165) is 0 Å². The lowest BCUT2D eigenvalue weighted by atomic mass is 10.1. The van der Waals surface area contributed by atoms with Crippen LogP contribution in [0.5, 0.6) is 0 Å². The maximum absolute atomic E-state index is 11.7. The monoisotopic (exact) mass is 240 g/mol. The Morgan fingerprint density at radius 2 is 2.35 bits per heavy atom. The van der Waals surface area contributed by atoms with Gasteiger partial charge in [-0.3, -0.25) is 9.59 Å². The SMILES string of the molecule is C=CCC[C@@H](NC(=O)[C@H]1CCC(=O)N1)C(=O)O. The summed E-state index contributed by atoms with van der Waals surface area (Å²) >= 11 is 0. The second kappa shape index (κ2) is 6.03. The van der Waals surface area contributed by atoms with E-state index in [9.17, 15) is 14.4 Å². The van der Waals surface area contributed by atoms with E-state index in [1.165, 1.54) is 0 Å². The van der Waals surface area contributed by atoms with Crippen molar-refractivity contribution in [3.8, 4) is 0 Å². The van der Waals surface area contributed by atoms with E-state index in [-0.39, 0.29) is 5.91 Å². The Labute approximate surface area is 99.1 Å². The van der Waals surface area contributed by atoms with Crippen molar-refractivity contribution in [1.29, 1.82) is 0 Å². The summed E-state index contributed by atoms with van der Waals surface area (Å²) in [6, 6.07) is -1.54. The summed E-state index contributed by atoms with van der Waals surface area (Å²) in [5, 5.41) is 13.8. The Kier molecular flexibility index (Phi) is 4.68. The summed E-state index contributed by atoms with van der Waals surface area (Å²) in [4.78, 5) is 33.5. The average molecular weight is 240 g/mol. The molecule has 17 heavy (non-hydrogen) atoms. The van der Waals surface area contributed by atoms with Crippen LogP contribution in [0.3, 0.4) is 0 Å². The van der Waals surface area contributed by atoms with Crippen LogP contribution < -0.4 is 10.6 Å². The lowest BCUT2D eigenvalue weighted by Gasteiger charge is -2.16. The van der Waals surface area contributed by atoms with Crippen molar-refractivity contribution in [3.05, 3.63) is 12.7 Å². The van der Waals surface area contributed by atoms with Gasteiger partial charge in [-0.05, 0) is 19.3 Å². The number of aliphatic carboxylic acids is 1. The van der Waals surface area contributed by atoms with Gasteiger partial charge < -0.3 is 15.7 Å². The number of nitrogens with one attached hydrogen (secondary N) is 2. The van der Waals surface area contributed by atoms with Gasteiger partial charge in [-0.1, -0.05) is 6.08 Å². The predicted octanol–water partition coefficient (Wildman–Crippen LogP) is -0.199. The van der Waals surface area contributed by atoms with E-state index in [1.54, 1.807) is 6.08 Å². The van der Waals surface area contributed by atoms with E-state index in [2.05, 4.69) is 17.2 Å². The average Bonchev–Trinajstić information content (AvgIpc) is 2.70. The van der Waals surface area contributed by atoms with Crippen LogP contribution in [0.15, 0.2) is 12.7 Å². The standard InChI is InChI=1S/C11H16N2O4/c1-2-3-4-8(11(16)17)13-10(15)7-5-6-9(14)12-7/h2,7-8H,1,3-6H2,(H,12,14)(H,13,15)(H,16,17)/t7-,8-/m1/s1. The van der Waals surface area contributed by atoms with Gasteiger partial charge in [0.05, 0.1) is 0 Å². The highest BCUT2D eigenvalue weighted by molar-refractivity contribution is 5.92. The zero-order valence-corrected chi connectivity index (χ0v) is 9.44. The van der Waals surface area contributed by atoms with Crippen LogP contribution >= 0.6 is 0 Å². The minimum Gasteiger partial charge on any atom is -0.480 e. The molecule has 2 amide bonds. The van der Waals surface area contributed by atoms with Crippen LogP contribution in [0, 0.1) is 0 Å². The molecule has 0 aliphatic carbocycles. The Bertz CT molecular complexity index is 340. The first-order chi connectivity index (χ1) is 8.04. The zero-order valence-electron chi connectivity index (χ0n) is 9.44. The lowest BCUT2D eigenvalue weighted by molar-refractivity contribution is -0.142. The molecule has 1 aliphatic rings. The first kappa shape index (κ1) is 13.2. The molecule has 6 nitrogen and oxygen atoms in total. The van der Waals surface area contributed by atoms with Gasteiger partial charge in [0.15, 0.2) is 0 Å². The number of rotatable bonds is 6. The number of allylic oxidation sites excluding steroid dienone is 1. The lowest BCUT2D eigenvalue weighted by Crippen LogP contribution is -2.48. The molecule has 1 aliphatic heterocycles. The number of carboxylic acid groups (broad SMARTS) is 1. The van der Waals surface area contributed by atoms with E-state index in [0.29, 0.717) is 25.7 Å². The minimum absolute atomic E-state index is 0.178. The third-order valence-corrected chi connectivity index (χ3v) is 2.59. The summed E-state index contributed by atoms with van der Waals surface area (Å²) in [6.07, 6.45) is 3.12. The molecule has 1 saturated heterocycles. The van der Waals surface area contributed by atoms with Gasteiger partial charge in [-0.2, -0.15) is 0 Å². The molecule has 6 heteroatoms. The number of amides is 2. The summed E-state index contributed by atoms with van der Waals surface area (Å²) in [5.41, 5.74) is 0.